The summed E-state index contributed by atoms with van der Waals surface area (Å²) < 4.78 is 50.2. The Morgan fingerprint density at radius 3 is 2.46 bits per heavy atom. The number of benzene rings is 1. The molecule has 3 heterocycles. The highest BCUT2D eigenvalue weighted by Gasteiger charge is 2.43. The zero-order valence-electron chi connectivity index (χ0n) is 20.2. The molecule has 0 radical (unpaired) electrons. The molecule has 1 aromatic heterocycles. The van der Waals surface area contributed by atoms with E-state index >= 15 is 0 Å². The average molecular weight is 505 g/mol. The number of fused-ring (bicyclic) bond motifs is 2. The summed E-state index contributed by atoms with van der Waals surface area (Å²) in [4.78, 5) is 11.3. The van der Waals surface area contributed by atoms with Gasteiger partial charge in [-0.25, -0.2) is 22.8 Å². The van der Waals surface area contributed by atoms with E-state index in [4.69, 9.17) is 9.47 Å². The maximum atomic E-state index is 14.6. The van der Waals surface area contributed by atoms with Crippen LogP contribution in [0.25, 0.3) is 0 Å². The van der Waals surface area contributed by atoms with E-state index in [2.05, 4.69) is 20.2 Å². The Morgan fingerprint density at radius 1 is 1.09 bits per heavy atom. The molecule has 2 aromatic rings. The molecule has 0 spiro atoms. The second-order valence-corrected chi connectivity index (χ2v) is 12.0. The van der Waals surface area contributed by atoms with Gasteiger partial charge in [-0.3, -0.25) is 4.90 Å². The lowest BCUT2D eigenvalue weighted by atomic mass is 9.85. The van der Waals surface area contributed by atoms with Gasteiger partial charge in [0.2, 0.25) is 5.88 Å². The summed E-state index contributed by atoms with van der Waals surface area (Å²) in [7, 11) is -3.49. The first-order chi connectivity index (χ1) is 16.8. The molecule has 1 aromatic carbocycles. The minimum absolute atomic E-state index is 0.0287. The second-order valence-electron chi connectivity index (χ2n) is 9.99. The number of piperidine rings is 1. The Labute approximate surface area is 206 Å². The number of ether oxygens (including phenoxy) is 2. The van der Waals surface area contributed by atoms with Crippen molar-refractivity contribution in [3.8, 4) is 5.88 Å². The van der Waals surface area contributed by atoms with E-state index in [1.807, 2.05) is 6.92 Å². The van der Waals surface area contributed by atoms with E-state index in [9.17, 15) is 12.8 Å². The maximum Gasteiger partial charge on any atom is 0.221 e. The van der Waals surface area contributed by atoms with Gasteiger partial charge in [0, 0.05) is 37.2 Å². The maximum absolute atomic E-state index is 14.6. The van der Waals surface area contributed by atoms with Crippen LogP contribution in [-0.4, -0.2) is 67.0 Å². The Balaban J connectivity index is 1.29. The number of nitrogens with zero attached hydrogens (tertiary/aromatic N) is 3. The highest BCUT2D eigenvalue weighted by atomic mass is 32.2. The molecule has 1 N–H and O–H groups in total. The lowest BCUT2D eigenvalue weighted by Crippen LogP contribution is -2.62. The van der Waals surface area contributed by atoms with Gasteiger partial charge in [-0.15, -0.1) is 0 Å². The van der Waals surface area contributed by atoms with Gasteiger partial charge >= 0.3 is 0 Å². The molecule has 2 aliphatic heterocycles. The largest absolute Gasteiger partial charge is 0.474 e. The van der Waals surface area contributed by atoms with E-state index in [1.165, 1.54) is 50.6 Å². The number of hydrogen-bond donors (Lipinski definition) is 1. The van der Waals surface area contributed by atoms with Crippen molar-refractivity contribution in [3.63, 3.8) is 0 Å². The molecule has 3 atom stereocenters. The van der Waals surface area contributed by atoms with Gasteiger partial charge in [-0.1, -0.05) is 19.3 Å². The van der Waals surface area contributed by atoms with Gasteiger partial charge in [0.1, 0.15) is 24.1 Å². The van der Waals surface area contributed by atoms with E-state index in [1.54, 1.807) is 0 Å². The minimum atomic E-state index is -3.49. The van der Waals surface area contributed by atoms with Crippen molar-refractivity contribution in [1.82, 2.24) is 14.9 Å². The fourth-order valence-corrected chi connectivity index (χ4v) is 6.39. The fraction of sp³-hybridized carbons (Fsp3) is 0.600. The third-order valence-corrected chi connectivity index (χ3v) is 8.58. The normalized spacial score (nSPS) is 25.9. The number of sulfone groups is 1. The van der Waals surface area contributed by atoms with Gasteiger partial charge in [0.25, 0.3) is 0 Å². The van der Waals surface area contributed by atoms with Crippen LogP contribution in [0.3, 0.4) is 0 Å². The smallest absolute Gasteiger partial charge is 0.221 e. The zero-order valence-corrected chi connectivity index (χ0v) is 21.1. The summed E-state index contributed by atoms with van der Waals surface area (Å²) in [6.07, 6.45) is 10.8. The molecule has 2 bridgehead atoms. The molecular weight excluding hydrogens is 471 g/mol. The lowest BCUT2D eigenvalue weighted by Gasteiger charge is -2.52. The molecule has 3 fully saturated rings. The Bertz CT molecular complexity index is 1160. The van der Waals surface area contributed by atoms with Crippen LogP contribution in [0.5, 0.6) is 5.88 Å². The molecule has 2 saturated heterocycles. The molecule has 35 heavy (non-hydrogen) atoms. The van der Waals surface area contributed by atoms with Crippen LogP contribution in [0.4, 0.5) is 15.9 Å². The van der Waals surface area contributed by atoms with Crippen LogP contribution in [-0.2, 0) is 14.6 Å². The Morgan fingerprint density at radius 2 is 1.80 bits per heavy atom. The van der Waals surface area contributed by atoms with Crippen molar-refractivity contribution >= 4 is 21.3 Å². The molecule has 5 rings (SSSR count). The van der Waals surface area contributed by atoms with E-state index in [-0.39, 0.29) is 16.7 Å². The second kappa shape index (κ2) is 9.99. The summed E-state index contributed by atoms with van der Waals surface area (Å²) in [5.74, 6) is 0.228. The number of aromatic nitrogens is 2. The summed E-state index contributed by atoms with van der Waals surface area (Å²) in [5.41, 5.74) is 0.813. The van der Waals surface area contributed by atoms with E-state index in [0.29, 0.717) is 35.4 Å². The first-order valence-corrected chi connectivity index (χ1v) is 14.3. The van der Waals surface area contributed by atoms with Gasteiger partial charge in [0.15, 0.2) is 9.84 Å². The Hall–Kier alpha value is -2.30. The molecule has 10 heteroatoms. The van der Waals surface area contributed by atoms with Gasteiger partial charge in [-0.05, 0) is 38.0 Å². The molecule has 8 nitrogen and oxygen atoms in total. The first kappa shape index (κ1) is 24.4. The summed E-state index contributed by atoms with van der Waals surface area (Å²) in [6, 6.07) is 5.15. The van der Waals surface area contributed by atoms with Crippen LogP contribution in [0, 0.1) is 12.7 Å². The molecule has 1 unspecified atom stereocenters. The van der Waals surface area contributed by atoms with Crippen LogP contribution >= 0.6 is 0 Å². The summed E-state index contributed by atoms with van der Waals surface area (Å²) >= 11 is 0. The quantitative estimate of drug-likeness (QED) is 0.631. The van der Waals surface area contributed by atoms with Gasteiger partial charge in [0.05, 0.1) is 29.4 Å². The predicted molar refractivity (Wildman–Crippen MR) is 130 cm³/mol. The molecule has 0 amide bonds. The fourth-order valence-electron chi connectivity index (χ4n) is 5.76. The third kappa shape index (κ3) is 5.29. The highest BCUT2D eigenvalue weighted by molar-refractivity contribution is 7.90. The van der Waals surface area contributed by atoms with Crippen molar-refractivity contribution in [1.29, 1.82) is 0 Å². The summed E-state index contributed by atoms with van der Waals surface area (Å²) in [5, 5.41) is 2.96. The molecule has 3 aliphatic rings. The number of halogens is 1. The van der Waals surface area contributed by atoms with Crippen molar-refractivity contribution in [2.45, 2.75) is 81.0 Å². The van der Waals surface area contributed by atoms with Crippen LogP contribution in [0.15, 0.2) is 29.4 Å². The van der Waals surface area contributed by atoms with Crippen LogP contribution in [0.1, 0.15) is 50.5 Å². The highest BCUT2D eigenvalue weighted by Crippen LogP contribution is 2.37. The van der Waals surface area contributed by atoms with E-state index in [0.717, 1.165) is 38.4 Å². The summed E-state index contributed by atoms with van der Waals surface area (Å²) in [6.45, 7) is 3.32. The van der Waals surface area contributed by atoms with Crippen molar-refractivity contribution in [3.05, 3.63) is 35.9 Å². The molecular formula is C25H33FN4O4S. The van der Waals surface area contributed by atoms with Gasteiger partial charge in [-0.2, -0.15) is 0 Å². The van der Waals surface area contributed by atoms with Crippen LogP contribution < -0.4 is 10.1 Å². The number of rotatable bonds is 6. The number of anilines is 2. The molecule has 1 saturated carbocycles. The number of hydrogen-bond acceptors (Lipinski definition) is 8. The number of morpholine rings is 1. The Kier molecular flexibility index (Phi) is 6.96. The average Bonchev–Trinajstić information content (AvgIpc) is 2.82. The van der Waals surface area contributed by atoms with Crippen molar-refractivity contribution in [2.24, 2.45) is 0 Å². The first-order valence-electron chi connectivity index (χ1n) is 12.4. The minimum Gasteiger partial charge on any atom is -0.474 e. The van der Waals surface area contributed by atoms with E-state index < -0.39 is 15.7 Å². The third-order valence-electron chi connectivity index (χ3n) is 7.47. The molecule has 1 aliphatic carbocycles. The molecule has 190 valence electrons. The SMILES string of the molecule is Cc1c(Nc2ccc(S(C)(=O)=O)cc2F)ncnc1OC1C[C@H]2COC[C@@H](C1)N2C1CCCCC1. The van der Waals surface area contributed by atoms with Gasteiger partial charge < -0.3 is 14.8 Å². The van der Waals surface area contributed by atoms with Crippen molar-refractivity contribution in [2.75, 3.05) is 24.8 Å². The zero-order chi connectivity index (χ0) is 24.6. The topological polar surface area (TPSA) is 93.7 Å². The van der Waals surface area contributed by atoms with Crippen molar-refractivity contribution < 1.29 is 22.3 Å². The lowest BCUT2D eigenvalue weighted by molar-refractivity contribution is -0.122. The predicted octanol–water partition coefficient (Wildman–Crippen LogP) is 4.01. The number of nitrogens with one attached hydrogen (secondary N) is 1. The monoisotopic (exact) mass is 504 g/mol. The van der Waals surface area contributed by atoms with Crippen LogP contribution in [0.2, 0.25) is 0 Å². The standard InChI is InChI=1S/C25H33FN4O4S/c1-16-24(29-23-9-8-21(12-22(23)26)35(2,31)32)27-15-28-25(16)34-20-10-18-13-33-14-19(11-20)30(18)17-6-4-3-5-7-17/h8-9,12,15,17-20H,3-7,10-11,13-14H2,1-2H3,(H,27,28,29)/t18-,19+,20?.